The highest BCUT2D eigenvalue weighted by Crippen LogP contribution is 2.55. The number of aromatic nitrogens is 1. The van der Waals surface area contributed by atoms with Crippen molar-refractivity contribution in [2.24, 2.45) is 5.92 Å². The largest absolute Gasteiger partial charge is 0.431 e. The Kier molecular flexibility index (Phi) is 7.48. The van der Waals surface area contributed by atoms with E-state index in [1.165, 1.54) is 13.1 Å². The van der Waals surface area contributed by atoms with Crippen LogP contribution in [-0.4, -0.2) is 48.3 Å². The molecule has 2 aromatic rings. The van der Waals surface area contributed by atoms with Crippen LogP contribution < -0.4 is 15.4 Å². The molecule has 1 aromatic carbocycles. The minimum Gasteiger partial charge on any atom is -0.431 e. The lowest BCUT2D eigenvalue weighted by Gasteiger charge is -2.32. The molecule has 4 atom stereocenters. The topological polar surface area (TPSA) is 89.6 Å². The molecule has 7 nitrogen and oxygen atoms in total. The lowest BCUT2D eigenvalue weighted by atomic mass is 9.77. The quantitative estimate of drug-likeness (QED) is 0.548. The number of pyridine rings is 1. The van der Waals surface area contributed by atoms with Gasteiger partial charge in [-0.05, 0) is 25.1 Å². The molecule has 196 valence electrons. The Morgan fingerprint density at radius 3 is 2.44 bits per heavy atom. The number of ether oxygens (including phenoxy) is 2. The van der Waals surface area contributed by atoms with Crippen LogP contribution in [0.1, 0.15) is 35.8 Å². The van der Waals surface area contributed by atoms with Crippen molar-refractivity contribution in [1.29, 1.82) is 0 Å². The Morgan fingerprint density at radius 2 is 1.86 bits per heavy atom. The molecule has 1 aliphatic rings. The number of alkyl halides is 5. The molecule has 1 aromatic heterocycles. The lowest BCUT2D eigenvalue weighted by molar-refractivity contribution is -0.272. The van der Waals surface area contributed by atoms with Crippen LogP contribution in [0.15, 0.2) is 30.5 Å². The van der Waals surface area contributed by atoms with E-state index >= 15 is 0 Å². The Balaban J connectivity index is 2.09. The number of carbonyl (C=O) groups excluding carboxylic acids is 2. The number of nitrogens with zero attached hydrogens (tertiary/aromatic N) is 1. The van der Waals surface area contributed by atoms with Crippen LogP contribution >= 0.6 is 0 Å². The lowest BCUT2D eigenvalue weighted by Crippen LogP contribution is -2.47. The van der Waals surface area contributed by atoms with Crippen LogP contribution in [-0.2, 0) is 9.53 Å². The molecule has 2 heterocycles. The van der Waals surface area contributed by atoms with Gasteiger partial charge in [0.25, 0.3) is 11.8 Å². The fraction of sp³-hybridized carbons (Fsp3) is 0.409. The van der Waals surface area contributed by atoms with Crippen LogP contribution in [0.2, 0.25) is 0 Å². The summed E-state index contributed by atoms with van der Waals surface area (Å²) >= 11 is 0. The third kappa shape index (κ3) is 4.94. The Hall–Kier alpha value is -3.42. The molecule has 3 rings (SSSR count). The molecule has 1 saturated heterocycles. The molecule has 0 radical (unpaired) electrons. The first kappa shape index (κ1) is 27.2. The molecular weight excluding hydrogens is 503 g/mol. The highest BCUT2D eigenvalue weighted by molar-refractivity contribution is 5.97. The summed E-state index contributed by atoms with van der Waals surface area (Å²) in [5.74, 6) is -9.89. The molecule has 0 spiro atoms. The van der Waals surface area contributed by atoms with Crippen molar-refractivity contribution < 1.29 is 49.8 Å². The second-order valence-corrected chi connectivity index (χ2v) is 8.11. The molecule has 0 saturated carbocycles. The standard InChI is InChI=1S/C22H20F7N3O4/c1-9-14(11-4-5-12(23)15(24)16(11)35-20(25)26)17(36-21(9,2)22(27,28)29)19(34)32-10-6-7-31-13(8-10)18(33)30-3/h4-9,14,17,20H,1-3H3,(H,30,33)(H,31,32,34)/t9-,14+,17+,21+/m1/s1. The summed E-state index contributed by atoms with van der Waals surface area (Å²) in [7, 11) is 1.33. The molecular formula is C22H20F7N3O4. The van der Waals surface area contributed by atoms with Gasteiger partial charge in [-0.2, -0.15) is 26.3 Å². The third-order valence-corrected chi connectivity index (χ3v) is 6.06. The van der Waals surface area contributed by atoms with Crippen molar-refractivity contribution in [1.82, 2.24) is 10.3 Å². The fourth-order valence-electron chi connectivity index (χ4n) is 4.02. The van der Waals surface area contributed by atoms with E-state index in [-0.39, 0.29) is 11.4 Å². The molecule has 2 N–H and O–H groups in total. The number of amides is 2. The summed E-state index contributed by atoms with van der Waals surface area (Å²) in [6.07, 6.45) is -5.89. The summed E-state index contributed by atoms with van der Waals surface area (Å²) in [6.45, 7) is -1.95. The van der Waals surface area contributed by atoms with Crippen molar-refractivity contribution in [2.75, 3.05) is 12.4 Å². The van der Waals surface area contributed by atoms with Gasteiger partial charge >= 0.3 is 12.8 Å². The summed E-state index contributed by atoms with van der Waals surface area (Å²) in [5.41, 5.74) is -3.76. The average Bonchev–Trinajstić information content (AvgIpc) is 3.08. The van der Waals surface area contributed by atoms with Gasteiger partial charge in [-0.25, -0.2) is 4.39 Å². The van der Waals surface area contributed by atoms with E-state index in [1.807, 2.05) is 0 Å². The molecule has 0 aliphatic carbocycles. The number of hydrogen-bond acceptors (Lipinski definition) is 5. The van der Waals surface area contributed by atoms with Gasteiger partial charge in [0.1, 0.15) is 11.8 Å². The van der Waals surface area contributed by atoms with Gasteiger partial charge in [-0.15, -0.1) is 0 Å². The maximum Gasteiger partial charge on any atom is 0.417 e. The first-order chi connectivity index (χ1) is 16.7. The molecule has 14 heteroatoms. The third-order valence-electron chi connectivity index (χ3n) is 6.06. The number of nitrogens with one attached hydrogen (secondary N) is 2. The minimum atomic E-state index is -5.04. The van der Waals surface area contributed by atoms with E-state index in [4.69, 9.17) is 4.74 Å². The van der Waals surface area contributed by atoms with Crippen LogP contribution in [0.5, 0.6) is 5.75 Å². The van der Waals surface area contributed by atoms with Gasteiger partial charge < -0.3 is 20.1 Å². The predicted octanol–water partition coefficient (Wildman–Crippen LogP) is 4.40. The molecule has 2 amide bonds. The van der Waals surface area contributed by atoms with E-state index in [2.05, 4.69) is 20.4 Å². The van der Waals surface area contributed by atoms with Crippen LogP contribution in [0.3, 0.4) is 0 Å². The number of hydrogen-bond donors (Lipinski definition) is 2. The second-order valence-electron chi connectivity index (χ2n) is 8.11. The first-order valence-corrected chi connectivity index (χ1v) is 10.4. The zero-order chi connectivity index (χ0) is 27.0. The fourth-order valence-corrected chi connectivity index (χ4v) is 4.02. The number of rotatable bonds is 6. The van der Waals surface area contributed by atoms with E-state index in [1.54, 1.807) is 0 Å². The van der Waals surface area contributed by atoms with E-state index in [0.717, 1.165) is 25.3 Å². The minimum absolute atomic E-state index is 0.0430. The van der Waals surface area contributed by atoms with Gasteiger partial charge in [-0.1, -0.05) is 13.0 Å². The number of benzene rings is 1. The zero-order valence-corrected chi connectivity index (χ0v) is 18.9. The second kappa shape index (κ2) is 9.91. The van der Waals surface area contributed by atoms with Gasteiger partial charge in [-0.3, -0.25) is 14.6 Å². The average molecular weight is 523 g/mol. The normalized spacial score (nSPS) is 24.0. The Bertz CT molecular complexity index is 1160. The number of carbonyl (C=O) groups is 2. The molecule has 1 fully saturated rings. The van der Waals surface area contributed by atoms with Crippen molar-refractivity contribution in [2.45, 2.75) is 44.3 Å². The van der Waals surface area contributed by atoms with Crippen molar-refractivity contribution >= 4 is 17.5 Å². The van der Waals surface area contributed by atoms with Crippen molar-refractivity contribution in [3.63, 3.8) is 0 Å². The maximum atomic E-state index is 14.4. The zero-order valence-electron chi connectivity index (χ0n) is 18.9. The Morgan fingerprint density at radius 1 is 1.19 bits per heavy atom. The van der Waals surface area contributed by atoms with Crippen LogP contribution in [0.4, 0.5) is 36.4 Å². The molecule has 0 bridgehead atoms. The van der Waals surface area contributed by atoms with Crippen molar-refractivity contribution in [3.05, 3.63) is 53.4 Å². The highest BCUT2D eigenvalue weighted by atomic mass is 19.4. The van der Waals surface area contributed by atoms with Gasteiger partial charge in [0.2, 0.25) is 5.82 Å². The van der Waals surface area contributed by atoms with Gasteiger partial charge in [0.05, 0.1) is 0 Å². The highest BCUT2D eigenvalue weighted by Gasteiger charge is 2.66. The van der Waals surface area contributed by atoms with E-state index < -0.39 is 71.1 Å². The van der Waals surface area contributed by atoms with E-state index in [0.29, 0.717) is 13.0 Å². The summed E-state index contributed by atoms with van der Waals surface area (Å²) in [4.78, 5) is 28.7. The molecule has 36 heavy (non-hydrogen) atoms. The number of anilines is 1. The van der Waals surface area contributed by atoms with Crippen LogP contribution in [0, 0.1) is 17.6 Å². The molecule has 0 unspecified atom stereocenters. The first-order valence-electron chi connectivity index (χ1n) is 10.4. The maximum absolute atomic E-state index is 14.4. The number of halogens is 7. The molecule has 1 aliphatic heterocycles. The smallest absolute Gasteiger partial charge is 0.417 e. The monoisotopic (exact) mass is 523 g/mol. The van der Waals surface area contributed by atoms with E-state index in [9.17, 15) is 40.3 Å². The Labute approximate surface area is 200 Å². The van der Waals surface area contributed by atoms with Crippen LogP contribution in [0.25, 0.3) is 0 Å². The van der Waals surface area contributed by atoms with Crippen molar-refractivity contribution in [3.8, 4) is 5.75 Å². The summed E-state index contributed by atoms with van der Waals surface area (Å²) in [6, 6.07) is 3.66. The van der Waals surface area contributed by atoms with Gasteiger partial charge in [0, 0.05) is 36.3 Å². The van der Waals surface area contributed by atoms with Gasteiger partial charge in [0.15, 0.2) is 17.2 Å². The SMILES string of the molecule is CNC(=O)c1cc(NC(=O)[C@H]2O[C@](C)(C(F)(F)F)[C@H](C)[C@H]2c2ccc(F)c(F)c2OC(F)F)ccn1. The summed E-state index contributed by atoms with van der Waals surface area (Å²) < 4.78 is 105. The summed E-state index contributed by atoms with van der Waals surface area (Å²) in [5, 5.41) is 4.60. The predicted molar refractivity (Wildman–Crippen MR) is 110 cm³/mol.